The Hall–Kier alpha value is -3.36. The molecule has 0 fully saturated rings. The number of fused-ring (bicyclic) bond motifs is 3. The number of ether oxygens (including phenoxy) is 1. The van der Waals surface area contributed by atoms with Crippen molar-refractivity contribution >= 4 is 28.8 Å². The van der Waals surface area contributed by atoms with Crippen molar-refractivity contribution in [2.45, 2.75) is 51.7 Å². The Morgan fingerprint density at radius 1 is 1.21 bits per heavy atom. The van der Waals surface area contributed by atoms with Crippen LogP contribution in [0.2, 0.25) is 0 Å². The van der Waals surface area contributed by atoms with Gasteiger partial charge in [0.25, 0.3) is 5.91 Å². The Balaban J connectivity index is 1.90. The van der Waals surface area contributed by atoms with E-state index in [9.17, 15) is 29.4 Å². The van der Waals surface area contributed by atoms with Gasteiger partial charge < -0.3 is 34.3 Å². The Labute approximate surface area is 165 Å². The second-order valence-corrected chi connectivity index (χ2v) is 7.05. The van der Waals surface area contributed by atoms with Gasteiger partial charge in [0.1, 0.15) is 11.3 Å². The highest BCUT2D eigenvalue weighted by atomic mass is 16.5. The summed E-state index contributed by atoms with van der Waals surface area (Å²) in [5.41, 5.74) is 2.12. The van der Waals surface area contributed by atoms with Crippen molar-refractivity contribution in [2.24, 2.45) is 0 Å². The first kappa shape index (κ1) is 20.4. The minimum absolute atomic E-state index is 0.328. The molecule has 0 bridgehead atoms. The van der Waals surface area contributed by atoms with E-state index in [-0.39, 0.29) is 5.63 Å². The topological polar surface area (TPSA) is 149 Å². The van der Waals surface area contributed by atoms with Gasteiger partial charge in [0.05, 0.1) is 17.4 Å². The van der Waals surface area contributed by atoms with Crippen molar-refractivity contribution in [3.05, 3.63) is 39.2 Å². The molecule has 0 aliphatic heterocycles. The molecule has 154 valence electrons. The molecule has 9 heteroatoms. The first-order valence-corrected chi connectivity index (χ1v) is 9.14. The SMILES string of the molecule is Cc1cc(O[C@@H](C)C(=O)N[C@@H](CC(=O)[O-])C(=O)[O-])c2c3c(c(=O)oc2c1)CCC3. The molecule has 0 saturated carbocycles. The Bertz CT molecular complexity index is 1050. The molecule has 1 heterocycles. The lowest BCUT2D eigenvalue weighted by Gasteiger charge is -2.23. The first-order chi connectivity index (χ1) is 13.7. The molecule has 29 heavy (non-hydrogen) atoms. The lowest BCUT2D eigenvalue weighted by Crippen LogP contribution is -2.53. The van der Waals surface area contributed by atoms with E-state index in [0.717, 1.165) is 17.5 Å². The molecule has 2 aromatic rings. The molecule has 2 atom stereocenters. The maximum atomic E-state index is 12.3. The zero-order valence-corrected chi connectivity index (χ0v) is 15.9. The number of amides is 1. The molecule has 0 unspecified atom stereocenters. The number of carbonyl (C=O) groups is 3. The van der Waals surface area contributed by atoms with Gasteiger partial charge in [0.15, 0.2) is 6.10 Å². The van der Waals surface area contributed by atoms with Gasteiger partial charge in [-0.2, -0.15) is 0 Å². The summed E-state index contributed by atoms with van der Waals surface area (Å²) in [5, 5.41) is 24.4. The second kappa shape index (κ2) is 7.94. The normalized spacial score (nSPS) is 14.8. The number of carboxylic acid groups (broad SMARTS) is 2. The number of hydrogen-bond donors (Lipinski definition) is 1. The third-order valence-corrected chi connectivity index (χ3v) is 4.82. The molecule has 0 radical (unpaired) electrons. The summed E-state index contributed by atoms with van der Waals surface area (Å²) in [6, 6.07) is 1.66. The van der Waals surface area contributed by atoms with Crippen LogP contribution in [-0.2, 0) is 27.2 Å². The summed E-state index contributed by atoms with van der Waals surface area (Å²) in [4.78, 5) is 46.2. The molecular formula is C20H19NO8-2. The molecule has 0 spiro atoms. The van der Waals surface area contributed by atoms with Crippen molar-refractivity contribution in [3.63, 3.8) is 0 Å². The van der Waals surface area contributed by atoms with Crippen molar-refractivity contribution in [1.29, 1.82) is 0 Å². The molecule has 1 aromatic carbocycles. The Morgan fingerprint density at radius 3 is 2.55 bits per heavy atom. The lowest BCUT2D eigenvalue weighted by atomic mass is 10.0. The number of benzene rings is 1. The summed E-state index contributed by atoms with van der Waals surface area (Å²) in [7, 11) is 0. The van der Waals surface area contributed by atoms with Crippen LogP contribution in [-0.4, -0.2) is 30.0 Å². The Kier molecular flexibility index (Phi) is 5.58. The molecule has 9 nitrogen and oxygen atoms in total. The number of carbonyl (C=O) groups excluding carboxylic acids is 3. The average molecular weight is 401 g/mol. The van der Waals surface area contributed by atoms with Gasteiger partial charge in [-0.25, -0.2) is 4.79 Å². The van der Waals surface area contributed by atoms with Crippen molar-refractivity contribution in [2.75, 3.05) is 0 Å². The van der Waals surface area contributed by atoms with Crippen LogP contribution >= 0.6 is 0 Å². The van der Waals surface area contributed by atoms with Crippen LogP contribution in [0.25, 0.3) is 11.0 Å². The summed E-state index contributed by atoms with van der Waals surface area (Å²) in [6.07, 6.45) is 0.0161. The summed E-state index contributed by atoms with van der Waals surface area (Å²) in [5.74, 6) is -3.88. The highest BCUT2D eigenvalue weighted by Gasteiger charge is 2.25. The van der Waals surface area contributed by atoms with E-state index >= 15 is 0 Å². The molecule has 1 N–H and O–H groups in total. The van der Waals surface area contributed by atoms with Gasteiger partial charge in [-0.15, -0.1) is 0 Å². The smallest absolute Gasteiger partial charge is 0.339 e. The number of nitrogens with one attached hydrogen (secondary N) is 1. The van der Waals surface area contributed by atoms with Crippen molar-refractivity contribution in [3.8, 4) is 5.75 Å². The number of hydrogen-bond acceptors (Lipinski definition) is 8. The number of carboxylic acids is 2. The maximum Gasteiger partial charge on any atom is 0.339 e. The van der Waals surface area contributed by atoms with Crippen LogP contribution in [0.3, 0.4) is 0 Å². The maximum absolute atomic E-state index is 12.3. The van der Waals surface area contributed by atoms with Crippen LogP contribution in [0.1, 0.15) is 36.5 Å². The standard InChI is InChI=1S/C20H21NO8/c1-9-6-14(17-11-4-3-5-12(11)20(27)29-15(17)7-9)28-10(2)18(24)21-13(19(25)26)8-16(22)23/h6-7,10,13H,3-5,8H2,1-2H3,(H,21,24)(H,22,23)(H,25,26)/p-2/t10-,13-/m0/s1. The van der Waals surface area contributed by atoms with Crippen molar-refractivity contribution < 1.29 is 33.8 Å². The third-order valence-electron chi connectivity index (χ3n) is 4.82. The van der Waals surface area contributed by atoms with E-state index in [0.29, 0.717) is 35.1 Å². The van der Waals surface area contributed by atoms with E-state index in [1.165, 1.54) is 6.92 Å². The first-order valence-electron chi connectivity index (χ1n) is 9.14. The molecule has 1 aliphatic carbocycles. The molecule has 1 amide bonds. The van der Waals surface area contributed by atoms with Crippen LogP contribution < -0.4 is 25.9 Å². The van der Waals surface area contributed by atoms with E-state index in [4.69, 9.17) is 9.15 Å². The largest absolute Gasteiger partial charge is 0.550 e. The highest BCUT2D eigenvalue weighted by Crippen LogP contribution is 2.35. The zero-order chi connectivity index (χ0) is 21.3. The van der Waals surface area contributed by atoms with Crippen molar-refractivity contribution in [1.82, 2.24) is 5.32 Å². The Morgan fingerprint density at radius 2 is 1.90 bits per heavy atom. The molecule has 0 saturated heterocycles. The fraction of sp³-hybridized carbons (Fsp3) is 0.400. The van der Waals surface area contributed by atoms with Crippen LogP contribution in [0.5, 0.6) is 5.75 Å². The van der Waals surface area contributed by atoms with E-state index in [2.05, 4.69) is 5.32 Å². The quantitative estimate of drug-likeness (QED) is 0.565. The fourth-order valence-corrected chi connectivity index (χ4v) is 3.49. The van der Waals surface area contributed by atoms with Crippen LogP contribution in [0.4, 0.5) is 0 Å². The van der Waals surface area contributed by atoms with Gasteiger partial charge in [0.2, 0.25) is 0 Å². The second-order valence-electron chi connectivity index (χ2n) is 7.05. The monoisotopic (exact) mass is 401 g/mol. The lowest BCUT2D eigenvalue weighted by molar-refractivity contribution is -0.317. The van der Waals surface area contributed by atoms with Gasteiger partial charge in [-0.05, 0) is 56.4 Å². The number of aryl methyl sites for hydroxylation is 2. The predicted molar refractivity (Wildman–Crippen MR) is 95.9 cm³/mol. The average Bonchev–Trinajstić information content (AvgIpc) is 3.10. The number of aliphatic carboxylic acids is 2. The molecular weight excluding hydrogens is 382 g/mol. The minimum Gasteiger partial charge on any atom is -0.550 e. The van der Waals surface area contributed by atoms with E-state index < -0.39 is 36.4 Å². The summed E-state index contributed by atoms with van der Waals surface area (Å²) >= 11 is 0. The predicted octanol–water partition coefficient (Wildman–Crippen LogP) is -1.27. The van der Waals surface area contributed by atoms with Crippen LogP contribution in [0.15, 0.2) is 21.3 Å². The molecule has 3 rings (SSSR count). The van der Waals surface area contributed by atoms with E-state index in [1.54, 1.807) is 19.1 Å². The third kappa shape index (κ3) is 4.23. The van der Waals surface area contributed by atoms with Crippen LogP contribution in [0, 0.1) is 6.92 Å². The highest BCUT2D eigenvalue weighted by molar-refractivity contribution is 5.91. The van der Waals surface area contributed by atoms with Gasteiger partial charge in [0, 0.05) is 18.0 Å². The van der Waals surface area contributed by atoms with Gasteiger partial charge in [-0.3, -0.25) is 4.79 Å². The fourth-order valence-electron chi connectivity index (χ4n) is 3.49. The summed E-state index contributed by atoms with van der Waals surface area (Å²) < 4.78 is 11.2. The molecule has 1 aliphatic rings. The summed E-state index contributed by atoms with van der Waals surface area (Å²) in [6.45, 7) is 3.17. The molecule has 1 aromatic heterocycles. The number of rotatable bonds is 7. The van der Waals surface area contributed by atoms with Gasteiger partial charge >= 0.3 is 5.63 Å². The zero-order valence-electron chi connectivity index (χ0n) is 15.9. The minimum atomic E-state index is -1.74. The van der Waals surface area contributed by atoms with E-state index in [1.807, 2.05) is 0 Å². The van der Waals surface area contributed by atoms with Gasteiger partial charge in [-0.1, -0.05) is 0 Å².